The van der Waals surface area contributed by atoms with Crippen molar-refractivity contribution in [1.29, 1.82) is 0 Å². The predicted octanol–water partition coefficient (Wildman–Crippen LogP) is 1.15. The van der Waals surface area contributed by atoms with Crippen LogP contribution in [-0.4, -0.2) is 51.3 Å². The Labute approximate surface area is 116 Å². The van der Waals surface area contributed by atoms with E-state index in [0.717, 1.165) is 23.0 Å². The first kappa shape index (κ1) is 15.1. The van der Waals surface area contributed by atoms with E-state index in [4.69, 9.17) is 11.5 Å². The number of primary amides is 1. The van der Waals surface area contributed by atoms with E-state index in [9.17, 15) is 4.79 Å². The predicted molar refractivity (Wildman–Crippen MR) is 80.9 cm³/mol. The van der Waals surface area contributed by atoms with Crippen molar-refractivity contribution in [1.82, 2.24) is 4.90 Å². The van der Waals surface area contributed by atoms with Gasteiger partial charge in [-0.05, 0) is 20.4 Å². The van der Waals surface area contributed by atoms with Crippen LogP contribution in [0.4, 0.5) is 10.7 Å². The molecular weight excluding hydrogens is 268 g/mol. The molecule has 4 N–H and O–H groups in total. The molecule has 18 heavy (non-hydrogen) atoms. The molecule has 0 saturated heterocycles. The molecule has 0 fully saturated rings. The number of nitrogens with two attached hydrogens (primary N) is 2. The standard InChI is InChI=1S/C11H20N4OS2/c1-14(2)5-6-15(3)11-9(17-4)7(12)8(18-11)10(13)16/h5-6,12H2,1-4H3,(H2,13,16). The summed E-state index contributed by atoms with van der Waals surface area (Å²) in [6.45, 7) is 1.81. The zero-order valence-electron chi connectivity index (χ0n) is 11.2. The van der Waals surface area contributed by atoms with Gasteiger partial charge in [0.05, 0.1) is 10.6 Å². The van der Waals surface area contributed by atoms with Gasteiger partial charge < -0.3 is 21.3 Å². The summed E-state index contributed by atoms with van der Waals surface area (Å²) in [4.78, 5) is 16.9. The number of amides is 1. The van der Waals surface area contributed by atoms with Gasteiger partial charge in [-0.1, -0.05) is 0 Å². The number of hydrogen-bond donors (Lipinski definition) is 2. The Morgan fingerprint density at radius 1 is 1.33 bits per heavy atom. The van der Waals surface area contributed by atoms with Gasteiger partial charge in [-0.25, -0.2) is 0 Å². The first-order chi connectivity index (χ1) is 8.38. The number of nitrogens with zero attached hydrogens (tertiary/aromatic N) is 2. The van der Waals surface area contributed by atoms with Gasteiger partial charge in [0, 0.05) is 20.1 Å². The van der Waals surface area contributed by atoms with Gasteiger partial charge in [0.15, 0.2) is 0 Å². The molecular formula is C11H20N4OS2. The van der Waals surface area contributed by atoms with E-state index >= 15 is 0 Å². The van der Waals surface area contributed by atoms with Crippen LogP contribution in [0.15, 0.2) is 4.90 Å². The quantitative estimate of drug-likeness (QED) is 0.768. The third-order valence-electron chi connectivity index (χ3n) is 2.54. The number of rotatable bonds is 6. The maximum Gasteiger partial charge on any atom is 0.261 e. The molecule has 1 rings (SSSR count). The molecule has 0 aliphatic carbocycles. The van der Waals surface area contributed by atoms with Gasteiger partial charge in [0.2, 0.25) is 0 Å². The van der Waals surface area contributed by atoms with E-state index in [1.54, 1.807) is 11.8 Å². The number of likely N-dealkylation sites (N-methyl/N-ethyl adjacent to an activating group) is 2. The summed E-state index contributed by atoms with van der Waals surface area (Å²) >= 11 is 2.91. The molecule has 0 spiro atoms. The lowest BCUT2D eigenvalue weighted by atomic mass is 10.3. The summed E-state index contributed by atoms with van der Waals surface area (Å²) < 4.78 is 0. The number of thiophene rings is 1. The topological polar surface area (TPSA) is 75.6 Å². The summed E-state index contributed by atoms with van der Waals surface area (Å²) in [7, 11) is 6.06. The Morgan fingerprint density at radius 2 is 1.94 bits per heavy atom. The maximum absolute atomic E-state index is 11.3. The lowest BCUT2D eigenvalue weighted by Crippen LogP contribution is -2.28. The van der Waals surface area contributed by atoms with E-state index in [0.29, 0.717) is 10.6 Å². The first-order valence-electron chi connectivity index (χ1n) is 5.50. The molecule has 0 aliphatic rings. The van der Waals surface area contributed by atoms with E-state index < -0.39 is 5.91 Å². The number of nitrogen functional groups attached to an aromatic ring is 1. The summed E-state index contributed by atoms with van der Waals surface area (Å²) in [6, 6.07) is 0. The summed E-state index contributed by atoms with van der Waals surface area (Å²) in [6.07, 6.45) is 1.95. The Kier molecular flexibility index (Phi) is 5.30. The molecule has 0 saturated carbocycles. The van der Waals surface area contributed by atoms with Crippen LogP contribution >= 0.6 is 23.1 Å². The van der Waals surface area contributed by atoms with Crippen LogP contribution in [-0.2, 0) is 0 Å². The maximum atomic E-state index is 11.3. The van der Waals surface area contributed by atoms with Crippen molar-refractivity contribution in [3.05, 3.63) is 4.88 Å². The average Bonchev–Trinajstić information content (AvgIpc) is 2.63. The summed E-state index contributed by atoms with van der Waals surface area (Å²) in [5.41, 5.74) is 11.8. The highest BCUT2D eigenvalue weighted by atomic mass is 32.2. The fourth-order valence-corrected chi connectivity index (χ4v) is 3.55. The van der Waals surface area contributed by atoms with Crippen molar-refractivity contribution >= 4 is 39.7 Å². The molecule has 0 aliphatic heterocycles. The zero-order chi connectivity index (χ0) is 13.9. The molecule has 7 heteroatoms. The molecule has 0 aromatic carbocycles. The summed E-state index contributed by atoms with van der Waals surface area (Å²) in [5, 5.41) is 1.01. The highest BCUT2D eigenvalue weighted by Crippen LogP contribution is 2.43. The van der Waals surface area contributed by atoms with Gasteiger partial charge in [-0.15, -0.1) is 23.1 Å². The molecule has 1 heterocycles. The molecule has 1 aromatic rings. The van der Waals surface area contributed by atoms with Crippen molar-refractivity contribution in [3.8, 4) is 0 Å². The number of carbonyl (C=O) groups is 1. The molecule has 0 radical (unpaired) electrons. The monoisotopic (exact) mass is 288 g/mol. The second kappa shape index (κ2) is 6.31. The lowest BCUT2D eigenvalue weighted by Gasteiger charge is -2.21. The Hall–Kier alpha value is -0.920. The fourth-order valence-electron chi connectivity index (χ4n) is 1.50. The minimum atomic E-state index is -0.458. The molecule has 5 nitrogen and oxygen atoms in total. The number of thioether (sulfide) groups is 1. The minimum absolute atomic E-state index is 0.450. The van der Waals surface area contributed by atoms with Crippen molar-refractivity contribution < 1.29 is 4.79 Å². The molecule has 0 atom stereocenters. The second-order valence-corrected chi connectivity index (χ2v) is 6.09. The van der Waals surface area contributed by atoms with Gasteiger partial charge >= 0.3 is 0 Å². The van der Waals surface area contributed by atoms with Crippen molar-refractivity contribution in [2.75, 3.05) is 51.1 Å². The molecule has 1 aromatic heterocycles. The van der Waals surface area contributed by atoms with Crippen LogP contribution in [0.25, 0.3) is 0 Å². The SMILES string of the molecule is CSc1c(N(C)CCN(C)C)sc(C(N)=O)c1N. The first-order valence-corrected chi connectivity index (χ1v) is 7.54. The highest BCUT2D eigenvalue weighted by molar-refractivity contribution is 7.99. The van der Waals surface area contributed by atoms with E-state index in [-0.39, 0.29) is 0 Å². The van der Waals surface area contributed by atoms with E-state index in [1.165, 1.54) is 11.3 Å². The fraction of sp³-hybridized carbons (Fsp3) is 0.545. The minimum Gasteiger partial charge on any atom is -0.396 e. The molecule has 0 unspecified atom stereocenters. The smallest absolute Gasteiger partial charge is 0.261 e. The Bertz CT molecular complexity index is 431. The zero-order valence-corrected chi connectivity index (χ0v) is 12.8. The molecule has 102 valence electrons. The van der Waals surface area contributed by atoms with Crippen molar-refractivity contribution in [2.24, 2.45) is 5.73 Å². The van der Waals surface area contributed by atoms with Crippen LogP contribution in [0.1, 0.15) is 9.67 Å². The van der Waals surface area contributed by atoms with Gasteiger partial charge in [0.1, 0.15) is 9.88 Å². The van der Waals surface area contributed by atoms with Crippen molar-refractivity contribution in [2.45, 2.75) is 4.90 Å². The van der Waals surface area contributed by atoms with Crippen LogP contribution in [0.3, 0.4) is 0 Å². The number of carbonyl (C=O) groups excluding carboxylic acids is 1. The second-order valence-electron chi connectivity index (χ2n) is 4.27. The third kappa shape index (κ3) is 3.30. The van der Waals surface area contributed by atoms with Crippen LogP contribution in [0.5, 0.6) is 0 Å². The Morgan fingerprint density at radius 3 is 2.39 bits per heavy atom. The lowest BCUT2D eigenvalue weighted by molar-refractivity contribution is 0.100. The molecule has 0 bridgehead atoms. The van der Waals surface area contributed by atoms with Gasteiger partial charge in [-0.3, -0.25) is 4.79 Å². The van der Waals surface area contributed by atoms with E-state index in [1.807, 2.05) is 27.4 Å². The normalized spacial score (nSPS) is 10.9. The highest BCUT2D eigenvalue weighted by Gasteiger charge is 2.21. The van der Waals surface area contributed by atoms with Crippen LogP contribution < -0.4 is 16.4 Å². The largest absolute Gasteiger partial charge is 0.396 e. The van der Waals surface area contributed by atoms with Gasteiger partial charge in [-0.2, -0.15) is 0 Å². The molecule has 1 amide bonds. The average molecular weight is 288 g/mol. The third-order valence-corrected chi connectivity index (χ3v) is 4.82. The van der Waals surface area contributed by atoms with Crippen molar-refractivity contribution in [3.63, 3.8) is 0 Å². The van der Waals surface area contributed by atoms with Crippen LogP contribution in [0.2, 0.25) is 0 Å². The van der Waals surface area contributed by atoms with E-state index in [2.05, 4.69) is 9.80 Å². The van der Waals surface area contributed by atoms with Crippen LogP contribution in [0, 0.1) is 0 Å². The summed E-state index contributed by atoms with van der Waals surface area (Å²) in [5.74, 6) is -0.458. The number of anilines is 2. The Balaban J connectivity index is 3.00. The number of hydrogen-bond acceptors (Lipinski definition) is 6. The van der Waals surface area contributed by atoms with Gasteiger partial charge in [0.25, 0.3) is 5.91 Å².